The summed E-state index contributed by atoms with van der Waals surface area (Å²) in [5.41, 5.74) is 0. The van der Waals surface area contributed by atoms with Crippen LogP contribution >= 0.6 is 11.8 Å². The number of benzene rings is 1. The van der Waals surface area contributed by atoms with E-state index in [0.717, 1.165) is 0 Å². The predicted octanol–water partition coefficient (Wildman–Crippen LogP) is 3.95. The first-order valence-electron chi connectivity index (χ1n) is 6.22. The van der Waals surface area contributed by atoms with Gasteiger partial charge in [-0.3, -0.25) is 0 Å². The molecule has 0 spiro atoms. The number of hydrogen-bond donors (Lipinski definition) is 1. The molecular weight excluding hydrogens is 214 g/mol. The number of rotatable bonds is 8. The second-order valence-corrected chi connectivity index (χ2v) is 5.22. The highest BCUT2D eigenvalue weighted by atomic mass is 32.2. The van der Waals surface area contributed by atoms with Crippen molar-refractivity contribution in [3.05, 3.63) is 30.3 Å². The molecule has 0 fully saturated rings. The van der Waals surface area contributed by atoms with E-state index >= 15 is 0 Å². The molecule has 0 aliphatic rings. The van der Waals surface area contributed by atoms with Crippen LogP contribution in [0.3, 0.4) is 0 Å². The van der Waals surface area contributed by atoms with Crippen LogP contribution in [-0.4, -0.2) is 18.8 Å². The summed E-state index contributed by atoms with van der Waals surface area (Å²) < 4.78 is 0. The van der Waals surface area contributed by atoms with Gasteiger partial charge in [-0.1, -0.05) is 31.5 Å². The Labute approximate surface area is 104 Å². The Morgan fingerprint density at radius 3 is 2.56 bits per heavy atom. The van der Waals surface area contributed by atoms with Crippen molar-refractivity contribution in [2.75, 3.05) is 12.8 Å². The Bertz CT molecular complexity index is 257. The summed E-state index contributed by atoms with van der Waals surface area (Å²) in [6.07, 6.45) is 5.20. The molecule has 0 aliphatic heterocycles. The van der Waals surface area contributed by atoms with Gasteiger partial charge in [-0.05, 0) is 44.2 Å². The zero-order valence-electron chi connectivity index (χ0n) is 10.4. The molecule has 1 atom stereocenters. The fourth-order valence-electron chi connectivity index (χ4n) is 1.75. The lowest BCUT2D eigenvalue weighted by Gasteiger charge is -2.12. The van der Waals surface area contributed by atoms with Gasteiger partial charge in [0.25, 0.3) is 0 Å². The molecular formula is C14H23NS. The lowest BCUT2D eigenvalue weighted by molar-refractivity contribution is 0.489. The van der Waals surface area contributed by atoms with E-state index in [2.05, 4.69) is 49.6 Å². The van der Waals surface area contributed by atoms with Gasteiger partial charge >= 0.3 is 0 Å². The van der Waals surface area contributed by atoms with E-state index in [1.807, 2.05) is 11.8 Å². The summed E-state index contributed by atoms with van der Waals surface area (Å²) in [6.45, 7) is 2.25. The first kappa shape index (κ1) is 13.6. The van der Waals surface area contributed by atoms with Crippen LogP contribution in [0.1, 0.15) is 32.6 Å². The van der Waals surface area contributed by atoms with Gasteiger partial charge in [-0.25, -0.2) is 0 Å². The molecule has 0 aliphatic carbocycles. The van der Waals surface area contributed by atoms with Gasteiger partial charge in [0.15, 0.2) is 0 Å². The van der Waals surface area contributed by atoms with E-state index in [1.165, 1.54) is 36.3 Å². The summed E-state index contributed by atoms with van der Waals surface area (Å²) in [6, 6.07) is 11.4. The smallest absolute Gasteiger partial charge is 0.00719 e. The minimum absolute atomic E-state index is 0.710. The molecule has 0 bridgehead atoms. The SMILES string of the molecule is CCC(CCCCSc1ccccc1)NC. The summed E-state index contributed by atoms with van der Waals surface area (Å²) >= 11 is 1.97. The number of thioether (sulfide) groups is 1. The van der Waals surface area contributed by atoms with Crippen molar-refractivity contribution < 1.29 is 0 Å². The van der Waals surface area contributed by atoms with Gasteiger partial charge in [0.2, 0.25) is 0 Å². The molecule has 0 amide bonds. The predicted molar refractivity (Wildman–Crippen MR) is 74.2 cm³/mol. The van der Waals surface area contributed by atoms with Crippen LogP contribution < -0.4 is 5.32 Å². The monoisotopic (exact) mass is 237 g/mol. The highest BCUT2D eigenvalue weighted by Crippen LogP contribution is 2.19. The Morgan fingerprint density at radius 2 is 1.94 bits per heavy atom. The third-order valence-corrected chi connectivity index (χ3v) is 3.96. The second-order valence-electron chi connectivity index (χ2n) is 4.05. The summed E-state index contributed by atoms with van der Waals surface area (Å²) in [5, 5.41) is 3.35. The van der Waals surface area contributed by atoms with E-state index in [4.69, 9.17) is 0 Å². The largest absolute Gasteiger partial charge is 0.317 e. The molecule has 0 saturated carbocycles. The van der Waals surface area contributed by atoms with Gasteiger partial charge in [0.1, 0.15) is 0 Å². The fourth-order valence-corrected chi connectivity index (χ4v) is 2.69. The zero-order valence-corrected chi connectivity index (χ0v) is 11.2. The maximum atomic E-state index is 3.35. The lowest BCUT2D eigenvalue weighted by atomic mass is 10.1. The molecule has 0 heterocycles. The maximum Gasteiger partial charge on any atom is 0.00719 e. The third kappa shape index (κ3) is 5.57. The topological polar surface area (TPSA) is 12.0 Å². The van der Waals surface area contributed by atoms with Crippen molar-refractivity contribution >= 4 is 11.8 Å². The van der Waals surface area contributed by atoms with E-state index in [-0.39, 0.29) is 0 Å². The van der Waals surface area contributed by atoms with Gasteiger partial charge in [-0.2, -0.15) is 0 Å². The van der Waals surface area contributed by atoms with Crippen molar-refractivity contribution in [3.8, 4) is 0 Å². The molecule has 1 nitrogen and oxygen atoms in total. The molecule has 0 radical (unpaired) electrons. The Hall–Kier alpha value is -0.470. The Morgan fingerprint density at radius 1 is 1.19 bits per heavy atom. The molecule has 2 heteroatoms. The van der Waals surface area contributed by atoms with Crippen molar-refractivity contribution in [1.29, 1.82) is 0 Å². The zero-order chi connectivity index (χ0) is 11.6. The van der Waals surface area contributed by atoms with E-state index < -0.39 is 0 Å². The molecule has 1 aromatic rings. The van der Waals surface area contributed by atoms with Crippen molar-refractivity contribution in [2.24, 2.45) is 0 Å². The van der Waals surface area contributed by atoms with Gasteiger partial charge in [-0.15, -0.1) is 11.8 Å². The third-order valence-electron chi connectivity index (χ3n) is 2.86. The van der Waals surface area contributed by atoms with Crippen LogP contribution in [-0.2, 0) is 0 Å². The number of unbranched alkanes of at least 4 members (excludes halogenated alkanes) is 1. The average Bonchev–Trinajstić information content (AvgIpc) is 2.35. The molecule has 1 aromatic carbocycles. The molecule has 0 saturated heterocycles. The van der Waals surface area contributed by atoms with Gasteiger partial charge in [0.05, 0.1) is 0 Å². The van der Waals surface area contributed by atoms with Gasteiger partial charge in [0, 0.05) is 10.9 Å². The van der Waals surface area contributed by atoms with Crippen molar-refractivity contribution in [3.63, 3.8) is 0 Å². The van der Waals surface area contributed by atoms with Gasteiger partial charge < -0.3 is 5.32 Å². The van der Waals surface area contributed by atoms with Crippen LogP contribution in [0.2, 0.25) is 0 Å². The number of hydrogen-bond acceptors (Lipinski definition) is 2. The van der Waals surface area contributed by atoms with E-state index in [0.29, 0.717) is 6.04 Å². The Balaban J connectivity index is 2.04. The Kier molecular flexibility index (Phi) is 7.35. The molecule has 90 valence electrons. The van der Waals surface area contributed by atoms with Crippen LogP contribution in [0.5, 0.6) is 0 Å². The minimum atomic E-state index is 0.710. The highest BCUT2D eigenvalue weighted by molar-refractivity contribution is 7.99. The summed E-state index contributed by atoms with van der Waals surface area (Å²) in [7, 11) is 2.06. The van der Waals surface area contributed by atoms with E-state index in [9.17, 15) is 0 Å². The van der Waals surface area contributed by atoms with Crippen LogP contribution in [0.15, 0.2) is 35.2 Å². The maximum absolute atomic E-state index is 3.35. The van der Waals surface area contributed by atoms with Crippen LogP contribution in [0.25, 0.3) is 0 Å². The molecule has 16 heavy (non-hydrogen) atoms. The first-order chi connectivity index (χ1) is 7.86. The second kappa shape index (κ2) is 8.66. The molecule has 1 N–H and O–H groups in total. The minimum Gasteiger partial charge on any atom is -0.317 e. The summed E-state index contributed by atoms with van der Waals surface area (Å²) in [4.78, 5) is 1.39. The van der Waals surface area contributed by atoms with Crippen molar-refractivity contribution in [1.82, 2.24) is 5.32 Å². The quantitative estimate of drug-likeness (QED) is 0.543. The lowest BCUT2D eigenvalue weighted by Crippen LogP contribution is -2.23. The highest BCUT2D eigenvalue weighted by Gasteiger charge is 2.01. The summed E-state index contributed by atoms with van der Waals surface area (Å²) in [5.74, 6) is 1.24. The normalized spacial score (nSPS) is 12.6. The average molecular weight is 237 g/mol. The first-order valence-corrected chi connectivity index (χ1v) is 7.20. The molecule has 1 rings (SSSR count). The van der Waals surface area contributed by atoms with Crippen molar-refractivity contribution in [2.45, 2.75) is 43.5 Å². The number of nitrogens with one attached hydrogen (secondary N) is 1. The van der Waals surface area contributed by atoms with Crippen LogP contribution in [0, 0.1) is 0 Å². The molecule has 1 unspecified atom stereocenters. The fraction of sp³-hybridized carbons (Fsp3) is 0.571. The van der Waals surface area contributed by atoms with E-state index in [1.54, 1.807) is 0 Å². The molecule has 0 aromatic heterocycles. The standard InChI is InChI=1S/C14H23NS/c1-3-13(15-2)9-7-8-12-16-14-10-5-4-6-11-14/h4-6,10-11,13,15H,3,7-9,12H2,1-2H3. The van der Waals surface area contributed by atoms with Crippen LogP contribution in [0.4, 0.5) is 0 Å².